The lowest BCUT2D eigenvalue weighted by Crippen LogP contribution is -2.21. The molecule has 158 valence electrons. The van der Waals surface area contributed by atoms with Gasteiger partial charge in [-0.25, -0.2) is 0 Å². The summed E-state index contributed by atoms with van der Waals surface area (Å²) >= 11 is 0. The lowest BCUT2D eigenvalue weighted by Gasteiger charge is -2.18. The molecular weight excluding hydrogens is 388 g/mol. The van der Waals surface area contributed by atoms with Gasteiger partial charge >= 0.3 is 0 Å². The van der Waals surface area contributed by atoms with Gasteiger partial charge < -0.3 is 9.55 Å². The standard InChI is InChI=1S/C30H28N2/c1-4-7-10-23-20-32(30-12-9-8-11-26(23)30)24-16-13-21(14-17-24)22-15-18-29-27(19-22)25(5-2)28(6-3)31-29/h4-13,15-21,31H,1,14H2,2-3H3/b10-7-,25-5-,28-6+. The van der Waals surface area contributed by atoms with Gasteiger partial charge in [0.2, 0.25) is 0 Å². The molecule has 2 aromatic heterocycles. The van der Waals surface area contributed by atoms with E-state index in [1.54, 1.807) is 0 Å². The number of H-pyrrole nitrogens is 1. The highest BCUT2D eigenvalue weighted by Gasteiger charge is 2.15. The van der Waals surface area contributed by atoms with E-state index in [9.17, 15) is 0 Å². The zero-order valence-electron chi connectivity index (χ0n) is 18.7. The van der Waals surface area contributed by atoms with Crippen molar-refractivity contribution in [2.24, 2.45) is 0 Å². The second kappa shape index (κ2) is 8.39. The van der Waals surface area contributed by atoms with Crippen LogP contribution in [0.5, 0.6) is 0 Å². The van der Waals surface area contributed by atoms with Gasteiger partial charge in [0.25, 0.3) is 0 Å². The van der Waals surface area contributed by atoms with Crippen LogP contribution in [-0.2, 0) is 0 Å². The smallest absolute Gasteiger partial charge is 0.0534 e. The van der Waals surface area contributed by atoms with Crippen LogP contribution in [-0.4, -0.2) is 9.55 Å². The van der Waals surface area contributed by atoms with Gasteiger partial charge in [-0.15, -0.1) is 0 Å². The zero-order chi connectivity index (χ0) is 22.1. The Kier molecular flexibility index (Phi) is 5.28. The summed E-state index contributed by atoms with van der Waals surface area (Å²) in [6.07, 6.45) is 20.5. The lowest BCUT2D eigenvalue weighted by molar-refractivity contribution is 0.850. The molecule has 5 rings (SSSR count). The molecule has 2 aromatic carbocycles. The average molecular weight is 417 g/mol. The zero-order valence-corrected chi connectivity index (χ0v) is 18.7. The van der Waals surface area contributed by atoms with Crippen LogP contribution in [0, 0.1) is 0 Å². The van der Waals surface area contributed by atoms with Gasteiger partial charge in [-0.3, -0.25) is 0 Å². The maximum Gasteiger partial charge on any atom is 0.0534 e. The van der Waals surface area contributed by atoms with Crippen molar-refractivity contribution in [2.75, 3.05) is 0 Å². The normalized spacial score (nSPS) is 17.7. The van der Waals surface area contributed by atoms with E-state index in [1.807, 2.05) is 12.2 Å². The van der Waals surface area contributed by atoms with Crippen LogP contribution in [0.4, 0.5) is 0 Å². The van der Waals surface area contributed by atoms with Gasteiger partial charge in [-0.1, -0.05) is 73.4 Å². The first-order chi connectivity index (χ1) is 15.7. The molecule has 0 fully saturated rings. The monoisotopic (exact) mass is 416 g/mol. The number of aromatic amines is 1. The first-order valence-electron chi connectivity index (χ1n) is 11.3. The summed E-state index contributed by atoms with van der Waals surface area (Å²) in [6, 6.07) is 15.4. The van der Waals surface area contributed by atoms with E-state index in [0.717, 1.165) is 6.42 Å². The molecule has 2 heteroatoms. The number of hydrogen-bond acceptors (Lipinski definition) is 0. The summed E-state index contributed by atoms with van der Waals surface area (Å²) < 4.78 is 2.30. The number of rotatable bonds is 4. The van der Waals surface area contributed by atoms with Crippen LogP contribution in [0.15, 0.2) is 85.6 Å². The molecule has 1 unspecified atom stereocenters. The van der Waals surface area contributed by atoms with Crippen molar-refractivity contribution >= 4 is 45.7 Å². The van der Waals surface area contributed by atoms with Crippen molar-refractivity contribution in [3.8, 4) is 0 Å². The second-order valence-electron chi connectivity index (χ2n) is 8.23. The predicted molar refractivity (Wildman–Crippen MR) is 140 cm³/mol. The van der Waals surface area contributed by atoms with E-state index in [4.69, 9.17) is 0 Å². The third-order valence-corrected chi connectivity index (χ3v) is 6.41. The van der Waals surface area contributed by atoms with Gasteiger partial charge in [-0.05, 0) is 50.1 Å². The highest BCUT2D eigenvalue weighted by Crippen LogP contribution is 2.32. The molecule has 1 aliphatic carbocycles. The van der Waals surface area contributed by atoms with Crippen molar-refractivity contribution < 1.29 is 0 Å². The maximum atomic E-state index is 3.80. The first kappa shape index (κ1) is 20.1. The third kappa shape index (κ3) is 3.38. The highest BCUT2D eigenvalue weighted by molar-refractivity contribution is 5.92. The Hall–Kier alpha value is -3.78. The van der Waals surface area contributed by atoms with Crippen LogP contribution < -0.4 is 10.6 Å². The fourth-order valence-electron chi connectivity index (χ4n) is 4.78. The lowest BCUT2D eigenvalue weighted by atomic mass is 9.91. The summed E-state index contributed by atoms with van der Waals surface area (Å²) in [7, 11) is 0. The van der Waals surface area contributed by atoms with Crippen LogP contribution in [0.1, 0.15) is 37.3 Å². The van der Waals surface area contributed by atoms with Crippen molar-refractivity contribution in [3.63, 3.8) is 0 Å². The Labute approximate surface area is 188 Å². The van der Waals surface area contributed by atoms with Gasteiger partial charge in [-0.2, -0.15) is 0 Å². The SMILES string of the molecule is C=C/C=C\c1cn(C2=CCC(c3ccc4[nH]c(=C/C)/c(=C\C)c4c3)C=C2)c2ccccc12. The second-order valence-corrected chi connectivity index (χ2v) is 8.23. The number of nitrogens with zero attached hydrogens (tertiary/aromatic N) is 1. The number of fused-ring (bicyclic) bond motifs is 2. The number of benzene rings is 2. The molecule has 0 amide bonds. The largest absolute Gasteiger partial charge is 0.355 e. The summed E-state index contributed by atoms with van der Waals surface area (Å²) in [5, 5.41) is 5.05. The number of hydrogen-bond donors (Lipinski definition) is 1. The summed E-state index contributed by atoms with van der Waals surface area (Å²) in [4.78, 5) is 3.53. The highest BCUT2D eigenvalue weighted by atomic mass is 15.0. The minimum atomic E-state index is 0.388. The molecule has 0 saturated heterocycles. The maximum absolute atomic E-state index is 3.80. The van der Waals surface area contributed by atoms with Gasteiger partial charge in [0.05, 0.1) is 5.52 Å². The fraction of sp³-hybridized carbons (Fsp3) is 0.133. The molecule has 0 saturated carbocycles. The first-order valence-corrected chi connectivity index (χ1v) is 11.3. The molecule has 2 heterocycles. The Morgan fingerprint density at radius 2 is 1.94 bits per heavy atom. The van der Waals surface area contributed by atoms with Crippen molar-refractivity contribution in [3.05, 3.63) is 107 Å². The van der Waals surface area contributed by atoms with Crippen molar-refractivity contribution in [1.82, 2.24) is 9.55 Å². The van der Waals surface area contributed by atoms with E-state index in [1.165, 1.54) is 49.2 Å². The molecule has 1 atom stereocenters. The van der Waals surface area contributed by atoms with Gasteiger partial charge in [0.15, 0.2) is 0 Å². The summed E-state index contributed by atoms with van der Waals surface area (Å²) in [5.74, 6) is 0.388. The van der Waals surface area contributed by atoms with Crippen LogP contribution in [0.2, 0.25) is 0 Å². The molecule has 0 radical (unpaired) electrons. The Balaban J connectivity index is 1.49. The van der Waals surface area contributed by atoms with Crippen LogP contribution in [0.3, 0.4) is 0 Å². The molecule has 0 spiro atoms. The molecule has 4 aromatic rings. The summed E-state index contributed by atoms with van der Waals surface area (Å²) in [6.45, 7) is 7.99. The van der Waals surface area contributed by atoms with Crippen molar-refractivity contribution in [1.29, 1.82) is 0 Å². The minimum Gasteiger partial charge on any atom is -0.355 e. The van der Waals surface area contributed by atoms with Crippen LogP contribution >= 0.6 is 0 Å². The predicted octanol–water partition coefficient (Wildman–Crippen LogP) is 6.51. The number of allylic oxidation sites excluding steroid dienone is 6. The van der Waals surface area contributed by atoms with Crippen molar-refractivity contribution in [2.45, 2.75) is 26.2 Å². The Bertz CT molecular complexity index is 1530. The quantitative estimate of drug-likeness (QED) is 0.366. The Morgan fingerprint density at radius 3 is 2.69 bits per heavy atom. The molecule has 0 bridgehead atoms. The Morgan fingerprint density at radius 1 is 1.06 bits per heavy atom. The molecule has 1 aliphatic rings. The summed E-state index contributed by atoms with van der Waals surface area (Å²) in [5.41, 5.74) is 6.22. The van der Waals surface area contributed by atoms with E-state index < -0.39 is 0 Å². The molecule has 2 nitrogen and oxygen atoms in total. The van der Waals surface area contributed by atoms with Crippen LogP contribution in [0.25, 0.3) is 45.7 Å². The minimum absolute atomic E-state index is 0.388. The van der Waals surface area contributed by atoms with E-state index in [-0.39, 0.29) is 0 Å². The molecule has 32 heavy (non-hydrogen) atoms. The number of aromatic nitrogens is 2. The fourth-order valence-corrected chi connectivity index (χ4v) is 4.78. The third-order valence-electron chi connectivity index (χ3n) is 6.41. The average Bonchev–Trinajstić information content (AvgIpc) is 3.40. The number of nitrogens with one attached hydrogen (secondary N) is 1. The van der Waals surface area contributed by atoms with Gasteiger partial charge in [0, 0.05) is 50.2 Å². The van der Waals surface area contributed by atoms with E-state index >= 15 is 0 Å². The molecule has 1 N–H and O–H groups in total. The molecular formula is C30H28N2. The van der Waals surface area contributed by atoms with E-state index in [0.29, 0.717) is 5.92 Å². The van der Waals surface area contributed by atoms with E-state index in [2.05, 4.69) is 115 Å². The topological polar surface area (TPSA) is 20.7 Å². The molecule has 0 aliphatic heterocycles. The van der Waals surface area contributed by atoms with Gasteiger partial charge in [0.1, 0.15) is 0 Å². The number of para-hydroxylation sites is 1.